The molecule has 3 nitrogen and oxygen atoms in total. The lowest BCUT2D eigenvalue weighted by atomic mass is 9.91. The van der Waals surface area contributed by atoms with Crippen molar-refractivity contribution in [3.63, 3.8) is 0 Å². The van der Waals surface area contributed by atoms with E-state index in [2.05, 4.69) is 6.07 Å². The van der Waals surface area contributed by atoms with Gasteiger partial charge in [-0.25, -0.2) is 0 Å². The van der Waals surface area contributed by atoms with Crippen molar-refractivity contribution in [3.8, 4) is 11.8 Å². The first-order valence-electron chi connectivity index (χ1n) is 6.64. The van der Waals surface area contributed by atoms with Gasteiger partial charge in [0.15, 0.2) is 5.78 Å². The number of rotatable bonds is 3. The summed E-state index contributed by atoms with van der Waals surface area (Å²) in [6.45, 7) is 0.645. The highest BCUT2D eigenvalue weighted by molar-refractivity contribution is 6.30. The van der Waals surface area contributed by atoms with E-state index in [1.807, 2.05) is 6.07 Å². The Labute approximate surface area is 127 Å². The number of nitrogens with zero attached hydrogens (tertiary/aromatic N) is 1. The van der Waals surface area contributed by atoms with Crippen molar-refractivity contribution in [3.05, 3.63) is 64.2 Å². The van der Waals surface area contributed by atoms with Crippen molar-refractivity contribution < 1.29 is 9.53 Å². The molecule has 2 aromatic rings. The minimum absolute atomic E-state index is 0.200. The summed E-state index contributed by atoms with van der Waals surface area (Å²) in [4.78, 5) is 12.6. The Morgan fingerprint density at radius 1 is 1.24 bits per heavy atom. The van der Waals surface area contributed by atoms with Crippen molar-refractivity contribution >= 4 is 17.4 Å². The third-order valence-electron chi connectivity index (χ3n) is 3.57. The van der Waals surface area contributed by atoms with Crippen LogP contribution >= 0.6 is 11.6 Å². The number of Topliss-reactive ketones (excluding diaryl/α,β-unsaturated/α-hetero) is 1. The van der Waals surface area contributed by atoms with E-state index in [0.717, 1.165) is 17.7 Å². The van der Waals surface area contributed by atoms with Gasteiger partial charge in [-0.1, -0.05) is 23.7 Å². The summed E-state index contributed by atoms with van der Waals surface area (Å²) in [5.74, 6) is -0.191. The zero-order chi connectivity index (χ0) is 14.8. The van der Waals surface area contributed by atoms with Crippen LogP contribution < -0.4 is 4.74 Å². The van der Waals surface area contributed by atoms with E-state index in [9.17, 15) is 10.1 Å². The molecule has 1 aliphatic heterocycles. The lowest BCUT2D eigenvalue weighted by Crippen LogP contribution is -2.11. The molecule has 21 heavy (non-hydrogen) atoms. The van der Waals surface area contributed by atoms with Crippen LogP contribution in [0.1, 0.15) is 27.4 Å². The van der Waals surface area contributed by atoms with Crippen LogP contribution in [0.25, 0.3) is 0 Å². The lowest BCUT2D eigenvalue weighted by Gasteiger charge is -2.10. The van der Waals surface area contributed by atoms with Gasteiger partial charge >= 0.3 is 0 Å². The van der Waals surface area contributed by atoms with Crippen LogP contribution in [0.3, 0.4) is 0 Å². The Morgan fingerprint density at radius 2 is 2.00 bits per heavy atom. The van der Waals surface area contributed by atoms with E-state index in [0.29, 0.717) is 22.8 Å². The fourth-order valence-corrected chi connectivity index (χ4v) is 2.57. The van der Waals surface area contributed by atoms with Crippen LogP contribution in [0, 0.1) is 11.3 Å². The first-order valence-corrected chi connectivity index (χ1v) is 7.02. The molecule has 3 rings (SSSR count). The Morgan fingerprint density at radius 3 is 2.71 bits per heavy atom. The smallest absolute Gasteiger partial charge is 0.184 e. The summed E-state index contributed by atoms with van der Waals surface area (Å²) in [7, 11) is 0. The largest absolute Gasteiger partial charge is 0.493 e. The van der Waals surface area contributed by atoms with Crippen LogP contribution in [0.2, 0.25) is 5.02 Å². The van der Waals surface area contributed by atoms with E-state index in [1.54, 1.807) is 36.4 Å². The minimum atomic E-state index is -0.817. The van der Waals surface area contributed by atoms with Crippen molar-refractivity contribution in [2.75, 3.05) is 6.61 Å². The molecule has 0 saturated heterocycles. The minimum Gasteiger partial charge on any atom is -0.493 e. The van der Waals surface area contributed by atoms with Crippen LogP contribution in [0.4, 0.5) is 0 Å². The fraction of sp³-hybridized carbons (Fsp3) is 0.176. The predicted octanol–water partition coefficient (Wildman–Crippen LogP) is 3.76. The number of ether oxygens (including phenoxy) is 1. The number of nitriles is 1. The Balaban J connectivity index is 1.92. The molecule has 1 unspecified atom stereocenters. The van der Waals surface area contributed by atoms with E-state index in [1.165, 1.54) is 0 Å². The molecule has 0 amide bonds. The van der Waals surface area contributed by atoms with Gasteiger partial charge < -0.3 is 4.74 Å². The van der Waals surface area contributed by atoms with Gasteiger partial charge in [0, 0.05) is 17.0 Å². The topological polar surface area (TPSA) is 50.1 Å². The Hall–Kier alpha value is -2.31. The molecule has 0 saturated carbocycles. The van der Waals surface area contributed by atoms with Crippen molar-refractivity contribution in [1.82, 2.24) is 0 Å². The van der Waals surface area contributed by atoms with Crippen LogP contribution in [-0.2, 0) is 6.42 Å². The molecule has 0 bridgehead atoms. The summed E-state index contributed by atoms with van der Waals surface area (Å²) in [5, 5.41) is 9.93. The average Bonchev–Trinajstić information content (AvgIpc) is 2.97. The maximum Gasteiger partial charge on any atom is 0.184 e. The molecule has 0 aliphatic carbocycles. The predicted molar refractivity (Wildman–Crippen MR) is 79.8 cm³/mol. The normalized spacial score (nSPS) is 13.9. The molecular weight excluding hydrogens is 286 g/mol. The number of hydrogen-bond acceptors (Lipinski definition) is 3. The second-order valence-electron chi connectivity index (χ2n) is 4.90. The molecule has 4 heteroatoms. The molecule has 2 aromatic carbocycles. The maximum absolute atomic E-state index is 12.6. The number of ketones is 1. The molecule has 1 aliphatic rings. The molecular formula is C17H12ClNO2. The van der Waals surface area contributed by atoms with Crippen LogP contribution in [-0.4, -0.2) is 12.4 Å². The molecule has 1 heterocycles. The number of carbonyl (C=O) groups excluding carboxylic acids is 1. The zero-order valence-electron chi connectivity index (χ0n) is 11.2. The summed E-state index contributed by atoms with van der Waals surface area (Å²) >= 11 is 5.84. The molecule has 0 N–H and O–H groups in total. The van der Waals surface area contributed by atoms with Crippen LogP contribution in [0.15, 0.2) is 42.5 Å². The van der Waals surface area contributed by atoms with Gasteiger partial charge in [-0.15, -0.1) is 0 Å². The number of halogens is 1. The number of benzene rings is 2. The zero-order valence-corrected chi connectivity index (χ0v) is 11.9. The first-order chi connectivity index (χ1) is 10.2. The monoisotopic (exact) mass is 297 g/mol. The quantitative estimate of drug-likeness (QED) is 0.810. The third kappa shape index (κ3) is 2.63. The lowest BCUT2D eigenvalue weighted by molar-refractivity contribution is 0.0979. The second-order valence-corrected chi connectivity index (χ2v) is 5.34. The van der Waals surface area contributed by atoms with Gasteiger partial charge in [-0.2, -0.15) is 5.26 Å². The molecule has 0 fully saturated rings. The average molecular weight is 298 g/mol. The summed E-state index contributed by atoms with van der Waals surface area (Å²) in [5.41, 5.74) is 2.22. The molecule has 1 atom stereocenters. The highest BCUT2D eigenvalue weighted by Crippen LogP contribution is 2.28. The Bertz CT molecular complexity index is 731. The summed E-state index contributed by atoms with van der Waals surface area (Å²) in [6.07, 6.45) is 0.800. The fourth-order valence-electron chi connectivity index (χ4n) is 2.45. The molecule has 0 radical (unpaired) electrons. The van der Waals surface area contributed by atoms with E-state index < -0.39 is 5.92 Å². The van der Waals surface area contributed by atoms with E-state index in [-0.39, 0.29) is 5.78 Å². The number of carbonyl (C=O) groups is 1. The van der Waals surface area contributed by atoms with Crippen LogP contribution in [0.5, 0.6) is 5.75 Å². The van der Waals surface area contributed by atoms with Gasteiger partial charge in [0.1, 0.15) is 11.7 Å². The van der Waals surface area contributed by atoms with Gasteiger partial charge in [0.05, 0.1) is 12.7 Å². The molecule has 0 spiro atoms. The van der Waals surface area contributed by atoms with Crippen molar-refractivity contribution in [2.24, 2.45) is 0 Å². The number of hydrogen-bond donors (Lipinski definition) is 0. The molecule has 0 aromatic heterocycles. The van der Waals surface area contributed by atoms with Gasteiger partial charge in [-0.05, 0) is 41.5 Å². The molecule has 104 valence electrons. The van der Waals surface area contributed by atoms with Crippen molar-refractivity contribution in [1.29, 1.82) is 5.26 Å². The van der Waals surface area contributed by atoms with Crippen molar-refractivity contribution in [2.45, 2.75) is 12.3 Å². The first kappa shape index (κ1) is 13.7. The highest BCUT2D eigenvalue weighted by Gasteiger charge is 2.23. The second kappa shape index (κ2) is 5.59. The third-order valence-corrected chi connectivity index (χ3v) is 3.82. The summed E-state index contributed by atoms with van der Waals surface area (Å²) in [6, 6.07) is 14.2. The van der Waals surface area contributed by atoms with Gasteiger partial charge in [-0.3, -0.25) is 4.79 Å². The van der Waals surface area contributed by atoms with E-state index >= 15 is 0 Å². The van der Waals surface area contributed by atoms with E-state index in [4.69, 9.17) is 16.3 Å². The van der Waals surface area contributed by atoms with Gasteiger partial charge in [0.2, 0.25) is 0 Å². The van der Waals surface area contributed by atoms with Gasteiger partial charge in [0.25, 0.3) is 0 Å². The maximum atomic E-state index is 12.6. The SMILES string of the molecule is N#CC(C(=O)c1ccc2c(c1)CCO2)c1ccc(Cl)cc1. The standard InChI is InChI=1S/C17H12ClNO2/c18-14-4-1-11(2-5-14)15(10-19)17(20)13-3-6-16-12(9-13)7-8-21-16/h1-6,9,15H,7-8H2. The number of fused-ring (bicyclic) bond motifs is 1. The summed E-state index contributed by atoms with van der Waals surface area (Å²) < 4.78 is 5.43. The Kier molecular flexibility index (Phi) is 3.64. The highest BCUT2D eigenvalue weighted by atomic mass is 35.5.